The number of hydrogen-bond acceptors (Lipinski definition) is 5. The summed E-state index contributed by atoms with van der Waals surface area (Å²) in [6, 6.07) is 27.0. The maximum atomic E-state index is 13.5. The van der Waals surface area contributed by atoms with E-state index in [0.29, 0.717) is 37.8 Å². The van der Waals surface area contributed by atoms with Crippen LogP contribution in [0.1, 0.15) is 15.9 Å². The van der Waals surface area contributed by atoms with Crippen LogP contribution in [0.2, 0.25) is 0 Å². The summed E-state index contributed by atoms with van der Waals surface area (Å²) in [5.41, 5.74) is 4.21. The van der Waals surface area contributed by atoms with E-state index in [1.54, 1.807) is 4.90 Å². The molecule has 8 heteroatoms. The quantitative estimate of drug-likeness (QED) is 0.355. The van der Waals surface area contributed by atoms with E-state index in [0.717, 1.165) is 35.6 Å². The number of aromatic nitrogens is 2. The number of nitrogens with zero attached hydrogens (tertiary/aromatic N) is 4. The van der Waals surface area contributed by atoms with Gasteiger partial charge in [-0.2, -0.15) is 0 Å². The van der Waals surface area contributed by atoms with E-state index in [4.69, 9.17) is 9.72 Å². The highest BCUT2D eigenvalue weighted by Crippen LogP contribution is 2.24. The van der Waals surface area contributed by atoms with Crippen molar-refractivity contribution in [3.8, 4) is 16.9 Å². The van der Waals surface area contributed by atoms with Crippen LogP contribution in [0.3, 0.4) is 0 Å². The number of hydrogen-bond donors (Lipinski definition) is 1. The van der Waals surface area contributed by atoms with Crippen LogP contribution in [0, 0.1) is 6.92 Å². The summed E-state index contributed by atoms with van der Waals surface area (Å²) in [5, 5.41) is 2.97. The van der Waals surface area contributed by atoms with Gasteiger partial charge in [0.05, 0.1) is 18.9 Å². The third-order valence-electron chi connectivity index (χ3n) is 6.77. The van der Waals surface area contributed by atoms with Gasteiger partial charge in [-0.05, 0) is 31.2 Å². The van der Waals surface area contributed by atoms with E-state index >= 15 is 0 Å². The van der Waals surface area contributed by atoms with Gasteiger partial charge in [0, 0.05) is 49.2 Å². The standard InChI is InChI=1S/C31H33N5O3/c1-24-12-14-26(15-13-24)30(38)35(17-16-34-18-20-39-21-19-34)23-29(37)33-31-32-28(25-8-4-2-5-9-25)22-36(31)27-10-6-3-7-11-27/h2-15,22H,16-21,23H2,1H3,(H,32,33,37). The summed E-state index contributed by atoms with van der Waals surface area (Å²) >= 11 is 0. The summed E-state index contributed by atoms with van der Waals surface area (Å²) in [6.07, 6.45) is 1.91. The molecule has 8 nitrogen and oxygen atoms in total. The van der Waals surface area contributed by atoms with Crippen LogP contribution in [0.15, 0.2) is 91.1 Å². The van der Waals surface area contributed by atoms with Gasteiger partial charge >= 0.3 is 0 Å². The minimum atomic E-state index is -0.306. The molecule has 1 saturated heterocycles. The fourth-order valence-electron chi connectivity index (χ4n) is 4.56. The van der Waals surface area contributed by atoms with Crippen LogP contribution < -0.4 is 5.32 Å². The van der Waals surface area contributed by atoms with Gasteiger partial charge < -0.3 is 9.64 Å². The van der Waals surface area contributed by atoms with Crippen LogP contribution in [0.5, 0.6) is 0 Å². The maximum absolute atomic E-state index is 13.5. The van der Waals surface area contributed by atoms with Gasteiger partial charge in [0.25, 0.3) is 5.91 Å². The number of aryl methyl sites for hydroxylation is 1. The first-order valence-electron chi connectivity index (χ1n) is 13.2. The second kappa shape index (κ2) is 12.5. The van der Waals surface area contributed by atoms with Gasteiger partial charge in [-0.3, -0.25) is 24.4 Å². The van der Waals surface area contributed by atoms with Gasteiger partial charge in [0.2, 0.25) is 11.9 Å². The largest absolute Gasteiger partial charge is 0.379 e. The van der Waals surface area contributed by atoms with Crippen LogP contribution >= 0.6 is 0 Å². The highest BCUT2D eigenvalue weighted by molar-refractivity contribution is 5.99. The van der Waals surface area contributed by atoms with Crippen molar-refractivity contribution in [2.45, 2.75) is 6.92 Å². The number of para-hydroxylation sites is 1. The molecule has 4 aromatic rings. The van der Waals surface area contributed by atoms with Crippen LogP contribution in [-0.2, 0) is 9.53 Å². The number of carbonyl (C=O) groups excluding carboxylic acids is 2. The Bertz CT molecular complexity index is 1380. The Morgan fingerprint density at radius 1 is 0.923 bits per heavy atom. The zero-order valence-electron chi connectivity index (χ0n) is 22.1. The second-order valence-electron chi connectivity index (χ2n) is 9.62. The topological polar surface area (TPSA) is 79.7 Å². The number of benzene rings is 3. The number of carbonyl (C=O) groups is 2. The zero-order valence-corrected chi connectivity index (χ0v) is 22.1. The molecule has 1 fully saturated rings. The first kappa shape index (κ1) is 26.3. The smallest absolute Gasteiger partial charge is 0.254 e. The monoisotopic (exact) mass is 523 g/mol. The number of amides is 2. The highest BCUT2D eigenvalue weighted by atomic mass is 16.5. The Hall–Kier alpha value is -4.27. The van der Waals surface area contributed by atoms with Crippen LogP contribution in [0.25, 0.3) is 16.9 Å². The molecular weight excluding hydrogens is 490 g/mol. The molecule has 1 aliphatic heterocycles. The predicted molar refractivity (Wildman–Crippen MR) is 152 cm³/mol. The molecule has 39 heavy (non-hydrogen) atoms. The molecule has 1 N–H and O–H groups in total. The normalized spacial score (nSPS) is 13.7. The lowest BCUT2D eigenvalue weighted by Gasteiger charge is -2.30. The molecule has 0 bridgehead atoms. The van der Waals surface area contributed by atoms with Crippen molar-refractivity contribution < 1.29 is 14.3 Å². The van der Waals surface area contributed by atoms with Crippen LogP contribution in [0.4, 0.5) is 5.95 Å². The average molecular weight is 524 g/mol. The minimum Gasteiger partial charge on any atom is -0.379 e. The van der Waals surface area contributed by atoms with E-state index < -0.39 is 0 Å². The first-order valence-corrected chi connectivity index (χ1v) is 13.2. The van der Waals surface area contributed by atoms with E-state index in [9.17, 15) is 9.59 Å². The lowest BCUT2D eigenvalue weighted by atomic mass is 10.1. The summed E-state index contributed by atoms with van der Waals surface area (Å²) in [4.78, 5) is 35.5. The molecule has 0 aliphatic carbocycles. The number of morpholine rings is 1. The molecule has 0 radical (unpaired) electrons. The van der Waals surface area contributed by atoms with Crippen molar-refractivity contribution in [3.05, 3.63) is 102 Å². The number of ether oxygens (including phenoxy) is 1. The summed E-state index contributed by atoms with van der Waals surface area (Å²) < 4.78 is 7.31. The molecule has 0 unspecified atom stereocenters. The number of anilines is 1. The fraction of sp³-hybridized carbons (Fsp3) is 0.258. The summed E-state index contributed by atoms with van der Waals surface area (Å²) in [5.74, 6) is -0.0735. The predicted octanol–water partition coefficient (Wildman–Crippen LogP) is 4.26. The molecule has 2 amide bonds. The molecule has 1 aromatic heterocycles. The first-order chi connectivity index (χ1) is 19.1. The van der Waals surface area contributed by atoms with E-state index in [2.05, 4.69) is 10.2 Å². The Morgan fingerprint density at radius 3 is 2.28 bits per heavy atom. The van der Waals surface area contributed by atoms with Crippen molar-refractivity contribution in [1.82, 2.24) is 19.4 Å². The van der Waals surface area contributed by atoms with E-state index in [1.807, 2.05) is 103 Å². The van der Waals surface area contributed by atoms with Crippen LogP contribution in [-0.4, -0.2) is 77.1 Å². The SMILES string of the molecule is Cc1ccc(C(=O)N(CCN2CCOCC2)CC(=O)Nc2nc(-c3ccccc3)cn2-c2ccccc2)cc1. The Kier molecular flexibility index (Phi) is 8.45. The van der Waals surface area contributed by atoms with Gasteiger partial charge in [-0.25, -0.2) is 4.98 Å². The average Bonchev–Trinajstić information content (AvgIpc) is 3.40. The third kappa shape index (κ3) is 6.79. The minimum absolute atomic E-state index is 0.0840. The molecule has 1 aliphatic rings. The molecule has 0 saturated carbocycles. The third-order valence-corrected chi connectivity index (χ3v) is 6.77. The lowest BCUT2D eigenvalue weighted by molar-refractivity contribution is -0.117. The van der Waals surface area contributed by atoms with Crippen molar-refractivity contribution in [2.24, 2.45) is 0 Å². The Balaban J connectivity index is 1.37. The lowest BCUT2D eigenvalue weighted by Crippen LogP contribution is -2.45. The number of imidazole rings is 1. The second-order valence-corrected chi connectivity index (χ2v) is 9.62. The van der Waals surface area contributed by atoms with Gasteiger partial charge in [-0.15, -0.1) is 0 Å². The maximum Gasteiger partial charge on any atom is 0.254 e. The van der Waals surface area contributed by atoms with E-state index in [-0.39, 0.29) is 18.4 Å². The summed E-state index contributed by atoms with van der Waals surface area (Å²) in [7, 11) is 0. The number of rotatable bonds is 9. The Labute approximate surface area is 228 Å². The highest BCUT2D eigenvalue weighted by Gasteiger charge is 2.22. The zero-order chi connectivity index (χ0) is 27.0. The summed E-state index contributed by atoms with van der Waals surface area (Å²) in [6.45, 7) is 5.99. The molecule has 5 rings (SSSR count). The molecule has 0 spiro atoms. The molecular formula is C31H33N5O3. The van der Waals surface area contributed by atoms with Crippen molar-refractivity contribution in [2.75, 3.05) is 51.3 Å². The van der Waals surface area contributed by atoms with Gasteiger partial charge in [-0.1, -0.05) is 66.2 Å². The van der Waals surface area contributed by atoms with Crippen molar-refractivity contribution in [1.29, 1.82) is 0 Å². The molecule has 0 atom stereocenters. The van der Waals surface area contributed by atoms with Crippen molar-refractivity contribution in [3.63, 3.8) is 0 Å². The molecule has 3 aromatic carbocycles. The molecule has 2 heterocycles. The van der Waals surface area contributed by atoms with Crippen molar-refractivity contribution >= 4 is 17.8 Å². The van der Waals surface area contributed by atoms with Gasteiger partial charge in [0.1, 0.15) is 6.54 Å². The van der Waals surface area contributed by atoms with Gasteiger partial charge in [0.15, 0.2) is 0 Å². The number of nitrogens with one attached hydrogen (secondary N) is 1. The van der Waals surface area contributed by atoms with E-state index in [1.165, 1.54) is 0 Å². The Morgan fingerprint density at radius 2 is 1.59 bits per heavy atom. The molecule has 200 valence electrons. The fourth-order valence-corrected chi connectivity index (χ4v) is 4.56.